The smallest absolute Gasteiger partial charge is 0.255 e. The molecule has 0 radical (unpaired) electrons. The lowest BCUT2D eigenvalue weighted by Crippen LogP contribution is -2.54. The van der Waals surface area contributed by atoms with Gasteiger partial charge in [-0.3, -0.25) is 19.6 Å². The molecule has 3 heterocycles. The topological polar surface area (TPSA) is 75.2 Å². The zero-order chi connectivity index (χ0) is 22.4. The Bertz CT molecular complexity index is 1070. The summed E-state index contributed by atoms with van der Waals surface area (Å²) in [5.41, 5.74) is 3.04. The number of aromatic nitrogens is 2. The van der Waals surface area contributed by atoms with Gasteiger partial charge in [-0.15, -0.1) is 0 Å². The number of pyridine rings is 2. The molecule has 1 atom stereocenters. The summed E-state index contributed by atoms with van der Waals surface area (Å²) in [7, 11) is 0. The van der Waals surface area contributed by atoms with Crippen molar-refractivity contribution in [3.63, 3.8) is 0 Å². The Labute approximate surface area is 188 Å². The Morgan fingerprint density at radius 2 is 1.81 bits per heavy atom. The van der Waals surface area contributed by atoms with Crippen molar-refractivity contribution in [2.45, 2.75) is 26.2 Å². The molecular formula is C26H28N4O2. The zero-order valence-electron chi connectivity index (χ0n) is 18.3. The van der Waals surface area contributed by atoms with Crippen molar-refractivity contribution in [1.82, 2.24) is 20.2 Å². The fourth-order valence-corrected chi connectivity index (χ4v) is 4.58. The lowest BCUT2D eigenvalue weighted by molar-refractivity contribution is -0.133. The Kier molecular flexibility index (Phi) is 6.59. The molecule has 0 spiro atoms. The van der Waals surface area contributed by atoms with E-state index in [0.29, 0.717) is 31.6 Å². The number of hydrogen-bond donors (Lipinski definition) is 1. The van der Waals surface area contributed by atoms with E-state index in [2.05, 4.69) is 27.4 Å². The minimum atomic E-state index is -0.690. The first kappa shape index (κ1) is 21.7. The van der Waals surface area contributed by atoms with Gasteiger partial charge in [-0.05, 0) is 55.5 Å². The van der Waals surface area contributed by atoms with Crippen molar-refractivity contribution in [1.29, 1.82) is 0 Å². The van der Waals surface area contributed by atoms with Crippen LogP contribution in [-0.2, 0) is 11.2 Å². The second-order valence-electron chi connectivity index (χ2n) is 8.29. The first-order valence-corrected chi connectivity index (χ1v) is 11.1. The third-order valence-electron chi connectivity index (χ3n) is 6.11. The molecule has 4 rings (SSSR count). The van der Waals surface area contributed by atoms with Gasteiger partial charge in [0.05, 0.1) is 11.0 Å². The van der Waals surface area contributed by atoms with Crippen LogP contribution in [0.4, 0.5) is 0 Å². The van der Waals surface area contributed by atoms with Crippen molar-refractivity contribution in [3.8, 4) is 11.1 Å². The molecule has 2 aromatic heterocycles. The molecule has 0 bridgehead atoms. The highest BCUT2D eigenvalue weighted by Crippen LogP contribution is 2.37. The van der Waals surface area contributed by atoms with E-state index < -0.39 is 5.41 Å². The summed E-state index contributed by atoms with van der Waals surface area (Å²) >= 11 is 0. The Hall–Kier alpha value is -3.54. The predicted molar refractivity (Wildman–Crippen MR) is 124 cm³/mol. The zero-order valence-corrected chi connectivity index (χ0v) is 18.3. The van der Waals surface area contributed by atoms with E-state index >= 15 is 0 Å². The molecule has 1 aromatic carbocycles. The molecule has 1 aliphatic heterocycles. The van der Waals surface area contributed by atoms with Gasteiger partial charge in [0.15, 0.2) is 0 Å². The number of carbonyl (C=O) groups is 2. The summed E-state index contributed by atoms with van der Waals surface area (Å²) in [5.74, 6) is -0.0725. The van der Waals surface area contributed by atoms with Crippen molar-refractivity contribution >= 4 is 11.8 Å². The number of piperidine rings is 1. The summed E-state index contributed by atoms with van der Waals surface area (Å²) in [6, 6.07) is 15.6. The highest BCUT2D eigenvalue weighted by Gasteiger charge is 2.43. The number of amides is 2. The number of benzene rings is 1. The molecule has 164 valence electrons. The van der Waals surface area contributed by atoms with Gasteiger partial charge in [-0.1, -0.05) is 30.3 Å². The van der Waals surface area contributed by atoms with E-state index in [9.17, 15) is 9.59 Å². The fourth-order valence-electron chi connectivity index (χ4n) is 4.58. The van der Waals surface area contributed by atoms with Crippen LogP contribution < -0.4 is 5.32 Å². The SMILES string of the molecule is CCNC(=O)C1(Cc2ccccc2-c2cccnc2)CCCN(C(=O)c2cccnc2)C1. The number of nitrogens with zero attached hydrogens (tertiary/aromatic N) is 3. The van der Waals surface area contributed by atoms with Crippen LogP contribution in [0.3, 0.4) is 0 Å². The number of likely N-dealkylation sites (tertiary alicyclic amines) is 1. The second kappa shape index (κ2) is 9.73. The Morgan fingerprint density at radius 1 is 1.03 bits per heavy atom. The molecule has 1 fully saturated rings. The van der Waals surface area contributed by atoms with Crippen LogP contribution in [-0.4, -0.2) is 46.3 Å². The summed E-state index contributed by atoms with van der Waals surface area (Å²) in [4.78, 5) is 36.7. The van der Waals surface area contributed by atoms with Crippen molar-refractivity contribution in [2.24, 2.45) is 5.41 Å². The number of nitrogens with one attached hydrogen (secondary N) is 1. The third-order valence-corrected chi connectivity index (χ3v) is 6.11. The average Bonchev–Trinajstić information content (AvgIpc) is 2.85. The van der Waals surface area contributed by atoms with Crippen molar-refractivity contribution in [3.05, 3.63) is 84.4 Å². The van der Waals surface area contributed by atoms with Crippen LogP contribution in [0.5, 0.6) is 0 Å². The predicted octanol–water partition coefficient (Wildman–Crippen LogP) is 3.74. The highest BCUT2D eigenvalue weighted by atomic mass is 16.2. The Morgan fingerprint density at radius 3 is 2.53 bits per heavy atom. The monoisotopic (exact) mass is 428 g/mol. The maximum Gasteiger partial charge on any atom is 0.255 e. The maximum atomic E-state index is 13.4. The van der Waals surface area contributed by atoms with E-state index in [1.807, 2.05) is 42.3 Å². The minimum Gasteiger partial charge on any atom is -0.356 e. The van der Waals surface area contributed by atoms with E-state index in [1.165, 1.54) is 0 Å². The summed E-state index contributed by atoms with van der Waals surface area (Å²) in [6.45, 7) is 3.50. The van der Waals surface area contributed by atoms with E-state index in [0.717, 1.165) is 29.5 Å². The second-order valence-corrected chi connectivity index (χ2v) is 8.29. The molecule has 0 aliphatic carbocycles. The van der Waals surface area contributed by atoms with Crippen molar-refractivity contribution in [2.75, 3.05) is 19.6 Å². The van der Waals surface area contributed by atoms with Gasteiger partial charge in [-0.2, -0.15) is 0 Å². The average molecular weight is 429 g/mol. The molecule has 0 saturated carbocycles. The van der Waals surface area contributed by atoms with Crippen LogP contribution in [0.1, 0.15) is 35.7 Å². The summed E-state index contributed by atoms with van der Waals surface area (Å²) in [5, 5.41) is 3.03. The molecule has 1 unspecified atom stereocenters. The van der Waals surface area contributed by atoms with Crippen molar-refractivity contribution < 1.29 is 9.59 Å². The summed E-state index contributed by atoms with van der Waals surface area (Å²) in [6.07, 6.45) is 8.90. The van der Waals surface area contributed by atoms with Crippen LogP contribution in [0.2, 0.25) is 0 Å². The summed E-state index contributed by atoms with van der Waals surface area (Å²) < 4.78 is 0. The molecule has 6 nitrogen and oxygen atoms in total. The number of rotatable bonds is 6. The van der Waals surface area contributed by atoms with E-state index in [1.54, 1.807) is 30.7 Å². The molecule has 1 N–H and O–H groups in total. The molecule has 1 aliphatic rings. The van der Waals surface area contributed by atoms with Gasteiger partial charge in [0, 0.05) is 50.0 Å². The van der Waals surface area contributed by atoms with Gasteiger partial charge in [-0.25, -0.2) is 0 Å². The minimum absolute atomic E-state index is 0.00433. The van der Waals surface area contributed by atoms with Gasteiger partial charge in [0.25, 0.3) is 5.91 Å². The molecule has 1 saturated heterocycles. The molecule has 6 heteroatoms. The van der Waals surface area contributed by atoms with Gasteiger partial charge < -0.3 is 10.2 Å². The molecule has 32 heavy (non-hydrogen) atoms. The van der Waals surface area contributed by atoms with Crippen LogP contribution in [0.15, 0.2) is 73.3 Å². The number of hydrogen-bond acceptors (Lipinski definition) is 4. The third kappa shape index (κ3) is 4.54. The van der Waals surface area contributed by atoms with Gasteiger partial charge >= 0.3 is 0 Å². The van der Waals surface area contributed by atoms with Crippen LogP contribution >= 0.6 is 0 Å². The fraction of sp³-hybridized carbons (Fsp3) is 0.308. The lowest BCUT2D eigenvalue weighted by atomic mass is 9.73. The van der Waals surface area contributed by atoms with Gasteiger partial charge in [0.1, 0.15) is 0 Å². The first-order chi connectivity index (χ1) is 15.6. The van der Waals surface area contributed by atoms with Crippen LogP contribution in [0.25, 0.3) is 11.1 Å². The molecule has 3 aromatic rings. The Balaban J connectivity index is 1.68. The largest absolute Gasteiger partial charge is 0.356 e. The highest BCUT2D eigenvalue weighted by molar-refractivity contribution is 5.94. The van der Waals surface area contributed by atoms with E-state index in [4.69, 9.17) is 0 Å². The lowest BCUT2D eigenvalue weighted by Gasteiger charge is -2.42. The molecule has 2 amide bonds. The first-order valence-electron chi connectivity index (χ1n) is 11.1. The normalized spacial score (nSPS) is 18.2. The maximum absolute atomic E-state index is 13.4. The van der Waals surface area contributed by atoms with Gasteiger partial charge in [0.2, 0.25) is 5.91 Å². The number of carbonyl (C=O) groups excluding carboxylic acids is 2. The van der Waals surface area contributed by atoms with Crippen LogP contribution in [0, 0.1) is 5.41 Å². The quantitative estimate of drug-likeness (QED) is 0.649. The molecular weight excluding hydrogens is 400 g/mol. The standard InChI is InChI=1S/C26H28N4O2/c1-2-29-25(32)26(12-7-15-30(19-26)24(31)22-10-6-14-28-18-22)16-20-8-3-4-11-23(20)21-9-5-13-27-17-21/h3-6,8-11,13-14,17-18H,2,7,12,15-16,19H2,1H3,(H,29,32). The van der Waals surface area contributed by atoms with E-state index in [-0.39, 0.29) is 11.8 Å².